The molecule has 0 spiro atoms. The number of hydrogen-bond acceptors (Lipinski definition) is 11. The molecule has 5 heterocycles. The molecule has 1 aliphatic carbocycles. The molecule has 0 radical (unpaired) electrons. The van der Waals surface area contributed by atoms with E-state index in [2.05, 4.69) is 52.4 Å². The first-order valence-electron chi connectivity index (χ1n) is 23.4. The Bertz CT molecular complexity index is 1580. The maximum Gasteiger partial charge on any atom is 0.338 e. The van der Waals surface area contributed by atoms with Gasteiger partial charge in [-0.2, -0.15) is 0 Å². The molecule has 4 aliphatic heterocycles. The number of hydrogen-bond donors (Lipinski definition) is 0. The van der Waals surface area contributed by atoms with E-state index >= 15 is 0 Å². The molecular formula is C49H69BrO10S. The number of benzene rings is 1. The number of unbranched alkanes of at least 4 members (excludes halogenated alkanes) is 1. The molecule has 5 unspecified atom stereocenters. The van der Waals surface area contributed by atoms with Gasteiger partial charge in [-0.05, 0) is 162 Å². The molecule has 338 valence electrons. The van der Waals surface area contributed by atoms with Gasteiger partial charge in [-0.1, -0.05) is 42.5 Å². The number of esters is 1. The Balaban J connectivity index is 1.03. The normalized spacial score (nSPS) is 29.9. The van der Waals surface area contributed by atoms with Crippen molar-refractivity contribution >= 4 is 33.2 Å². The maximum atomic E-state index is 13.1. The fourth-order valence-corrected chi connectivity index (χ4v) is 10.6. The van der Waals surface area contributed by atoms with E-state index in [0.29, 0.717) is 25.2 Å². The topological polar surface area (TPSA) is 100 Å². The van der Waals surface area contributed by atoms with E-state index < -0.39 is 0 Å². The van der Waals surface area contributed by atoms with E-state index in [1.165, 1.54) is 4.88 Å². The molecule has 0 amide bonds. The van der Waals surface area contributed by atoms with Gasteiger partial charge in [0.1, 0.15) is 6.10 Å². The Morgan fingerprint density at radius 1 is 0.754 bits per heavy atom. The molecule has 4 saturated heterocycles. The number of rotatable bonds is 22. The van der Waals surface area contributed by atoms with Crippen molar-refractivity contribution in [2.75, 3.05) is 33.0 Å². The van der Waals surface area contributed by atoms with Crippen LogP contribution in [0.2, 0.25) is 0 Å². The number of carbonyl (C=O) groups excluding carboxylic acids is 1. The quantitative estimate of drug-likeness (QED) is 0.0645. The van der Waals surface area contributed by atoms with Gasteiger partial charge >= 0.3 is 5.97 Å². The molecule has 5 fully saturated rings. The van der Waals surface area contributed by atoms with Crippen LogP contribution in [0.3, 0.4) is 0 Å². The summed E-state index contributed by atoms with van der Waals surface area (Å²) in [7, 11) is 0. The van der Waals surface area contributed by atoms with Gasteiger partial charge in [0, 0.05) is 43.6 Å². The molecule has 61 heavy (non-hydrogen) atoms. The van der Waals surface area contributed by atoms with Gasteiger partial charge in [0.05, 0.1) is 34.3 Å². The first-order valence-corrected chi connectivity index (χ1v) is 25.0. The van der Waals surface area contributed by atoms with Gasteiger partial charge in [0.2, 0.25) is 0 Å². The minimum absolute atomic E-state index is 0.0264. The molecule has 5 aliphatic rings. The summed E-state index contributed by atoms with van der Waals surface area (Å²) in [6, 6.07) is 13.5. The second kappa shape index (κ2) is 26.1. The van der Waals surface area contributed by atoms with Crippen molar-refractivity contribution in [1.29, 1.82) is 0 Å². The number of halogens is 1. The summed E-state index contributed by atoms with van der Waals surface area (Å²) >= 11 is 5.43. The zero-order chi connectivity index (χ0) is 41.9. The number of aryl methyl sites for hydroxylation is 1. The fraction of sp³-hybridized carbons (Fsp3) is 0.694. The van der Waals surface area contributed by atoms with Crippen LogP contribution in [0.4, 0.5) is 0 Å². The molecule has 12 heteroatoms. The van der Waals surface area contributed by atoms with Crippen LogP contribution in [0.5, 0.6) is 0 Å². The van der Waals surface area contributed by atoms with Crippen LogP contribution >= 0.6 is 27.3 Å². The van der Waals surface area contributed by atoms with Gasteiger partial charge in [0.15, 0.2) is 25.2 Å². The van der Waals surface area contributed by atoms with Gasteiger partial charge in [-0.25, -0.2) is 4.79 Å². The van der Waals surface area contributed by atoms with Crippen molar-refractivity contribution in [3.8, 4) is 0 Å². The Hall–Kier alpha value is -1.97. The lowest BCUT2D eigenvalue weighted by atomic mass is 9.89. The summed E-state index contributed by atoms with van der Waals surface area (Å²) in [6.07, 6.45) is 26.1. The highest BCUT2D eigenvalue weighted by molar-refractivity contribution is 9.11. The second-order valence-electron chi connectivity index (χ2n) is 17.2. The number of allylic oxidation sites excluding steroid dienone is 2. The Morgan fingerprint density at radius 3 is 2.05 bits per heavy atom. The molecule has 7 rings (SSSR count). The van der Waals surface area contributed by atoms with Crippen molar-refractivity contribution in [2.45, 2.75) is 172 Å². The van der Waals surface area contributed by atoms with Crippen LogP contribution in [0.1, 0.15) is 131 Å². The summed E-state index contributed by atoms with van der Waals surface area (Å²) < 4.78 is 57.9. The molecule has 1 aromatic carbocycles. The van der Waals surface area contributed by atoms with Gasteiger partial charge in [-0.3, -0.25) is 0 Å². The highest BCUT2D eigenvalue weighted by Gasteiger charge is 2.45. The number of ether oxygens (including phenoxy) is 9. The van der Waals surface area contributed by atoms with Crippen molar-refractivity contribution in [1.82, 2.24) is 0 Å². The Morgan fingerprint density at radius 2 is 1.41 bits per heavy atom. The maximum absolute atomic E-state index is 13.1. The van der Waals surface area contributed by atoms with Crippen molar-refractivity contribution in [2.24, 2.45) is 11.8 Å². The average Bonchev–Trinajstić information content (AvgIpc) is 3.87. The first kappa shape index (κ1) is 47.0. The van der Waals surface area contributed by atoms with Crippen molar-refractivity contribution < 1.29 is 47.4 Å². The standard InChI is InChI=1S/C49H69BrO10S/c50-44-29-27-39(61-44)26-24-37(57-46-21-9-13-31-53-46)25-28-41-40(42(59-47-22-10-14-32-54-47)34-43(41)60-48-23-11-15-33-55-48)19-7-2-1-6-18-38(35-56-45-20-8-12-30-52-45)58-49(51)36-16-4-3-5-17-36/h2-5,7,16-17,25,27-29,37-38,40-43,45-48H,1,6,8-15,18-24,26,30-35H2/b7-2-,28-25+/t37-,38?,40-,41-,42+,43-,45?,46?,47?,48?/m1/s1. The lowest BCUT2D eigenvalue weighted by molar-refractivity contribution is -0.203. The van der Waals surface area contributed by atoms with Gasteiger partial charge in [0.25, 0.3) is 0 Å². The monoisotopic (exact) mass is 928 g/mol. The highest BCUT2D eigenvalue weighted by Crippen LogP contribution is 2.42. The zero-order valence-corrected chi connectivity index (χ0v) is 38.4. The molecule has 1 aromatic heterocycles. The summed E-state index contributed by atoms with van der Waals surface area (Å²) in [5, 5.41) is 0. The van der Waals surface area contributed by atoms with E-state index in [1.54, 1.807) is 23.5 Å². The van der Waals surface area contributed by atoms with Gasteiger partial charge in [-0.15, -0.1) is 11.3 Å². The molecule has 0 N–H and O–H groups in total. The number of thiophene rings is 1. The first-order chi connectivity index (χ1) is 30.1. The SMILES string of the molecule is O=C(OC(CCC/C=C\C[C@@H]1[C@@H](/C=C/[C@@H](CCc2ccc(Br)s2)OC2CCCCO2)[C@H](OC2CCCCO2)C[C@@H]1OC1CCCCO1)COC1CCCCO1)c1ccccc1. The average molecular weight is 930 g/mol. The van der Waals surface area contributed by atoms with Crippen LogP contribution in [0, 0.1) is 11.8 Å². The third kappa shape index (κ3) is 15.9. The fourth-order valence-electron chi connectivity index (χ4n) is 9.10. The Labute approximate surface area is 376 Å². The summed E-state index contributed by atoms with van der Waals surface area (Å²) in [5.41, 5.74) is 0.546. The third-order valence-corrected chi connectivity index (χ3v) is 14.2. The van der Waals surface area contributed by atoms with Crippen LogP contribution in [0.25, 0.3) is 0 Å². The van der Waals surface area contributed by atoms with Crippen LogP contribution in [-0.4, -0.2) is 88.6 Å². The molecule has 10 atom stereocenters. The van der Waals surface area contributed by atoms with Crippen LogP contribution < -0.4 is 0 Å². The smallest absolute Gasteiger partial charge is 0.338 e. The lowest BCUT2D eigenvalue weighted by Gasteiger charge is -2.30. The van der Waals surface area contributed by atoms with Crippen molar-refractivity contribution in [3.63, 3.8) is 0 Å². The van der Waals surface area contributed by atoms with Crippen LogP contribution in [0.15, 0.2) is 70.6 Å². The van der Waals surface area contributed by atoms with E-state index in [4.69, 9.17) is 42.6 Å². The molecule has 10 nitrogen and oxygen atoms in total. The molecule has 0 bridgehead atoms. The molecule has 2 aromatic rings. The largest absolute Gasteiger partial charge is 0.456 e. The van der Waals surface area contributed by atoms with E-state index in [0.717, 1.165) is 139 Å². The lowest BCUT2D eigenvalue weighted by Crippen LogP contribution is -2.31. The zero-order valence-electron chi connectivity index (χ0n) is 36.0. The van der Waals surface area contributed by atoms with E-state index in [-0.39, 0.29) is 67.4 Å². The van der Waals surface area contributed by atoms with E-state index in [9.17, 15) is 4.79 Å². The number of carbonyl (C=O) groups is 1. The Kier molecular flexibility index (Phi) is 20.1. The minimum Gasteiger partial charge on any atom is -0.456 e. The van der Waals surface area contributed by atoms with E-state index in [1.807, 2.05) is 18.2 Å². The van der Waals surface area contributed by atoms with Crippen molar-refractivity contribution in [3.05, 3.63) is 81.0 Å². The summed E-state index contributed by atoms with van der Waals surface area (Å²) in [6.45, 7) is 3.26. The summed E-state index contributed by atoms with van der Waals surface area (Å²) in [5.74, 6) is -0.0506. The highest BCUT2D eigenvalue weighted by atomic mass is 79.9. The second-order valence-corrected chi connectivity index (χ2v) is 19.7. The summed E-state index contributed by atoms with van der Waals surface area (Å²) in [4.78, 5) is 14.4. The predicted octanol–water partition coefficient (Wildman–Crippen LogP) is 11.3. The third-order valence-electron chi connectivity index (χ3n) is 12.5. The molecular weight excluding hydrogens is 860 g/mol. The molecule has 1 saturated carbocycles. The minimum atomic E-state index is -0.361. The van der Waals surface area contributed by atoms with Crippen LogP contribution in [-0.2, 0) is 49.1 Å². The predicted molar refractivity (Wildman–Crippen MR) is 239 cm³/mol. The van der Waals surface area contributed by atoms with Gasteiger partial charge < -0.3 is 42.6 Å².